The molecule has 3 aliphatic rings. The zero-order valence-corrected chi connectivity index (χ0v) is 22.9. The molecule has 0 aliphatic carbocycles. The van der Waals surface area contributed by atoms with Gasteiger partial charge >= 0.3 is 6.85 Å². The van der Waals surface area contributed by atoms with Crippen molar-refractivity contribution in [2.75, 3.05) is 21.3 Å². The van der Waals surface area contributed by atoms with Gasteiger partial charge in [-0.15, -0.1) is 0 Å². The van der Waals surface area contributed by atoms with Gasteiger partial charge in [-0.05, 0) is 70.6 Å². The maximum Gasteiger partial charge on any atom is 0.329 e. The Hall–Kier alpha value is -5.49. The van der Waals surface area contributed by atoms with Gasteiger partial charge in [-0.25, -0.2) is 4.98 Å². The lowest BCUT2D eigenvalue weighted by molar-refractivity contribution is 0.976. The number of rotatable bonds is 3. The van der Waals surface area contributed by atoms with Gasteiger partial charge in [0.2, 0.25) is 0 Å². The SMILES string of the molecule is C1=CN(c2ccc3c(c2)B2c4cc(-n5ccnc5)ccc4-c4ccccc4N2c2ccccc2-3)CN1c1ccccc1. The molecule has 6 heteroatoms. The van der Waals surface area contributed by atoms with Crippen LogP contribution in [0.2, 0.25) is 0 Å². The normalized spacial score (nSPS) is 14.3. The maximum atomic E-state index is 4.31. The molecule has 0 radical (unpaired) electrons. The van der Waals surface area contributed by atoms with E-state index in [0.717, 1.165) is 12.4 Å². The molecule has 0 amide bonds. The fourth-order valence-corrected chi connectivity index (χ4v) is 6.85. The van der Waals surface area contributed by atoms with E-state index >= 15 is 0 Å². The summed E-state index contributed by atoms with van der Waals surface area (Å²) in [5.41, 5.74) is 13.7. The molecule has 1 aromatic heterocycles. The Labute approximate surface area is 245 Å². The Morgan fingerprint density at radius 2 is 1.14 bits per heavy atom. The van der Waals surface area contributed by atoms with E-state index in [1.165, 1.54) is 55.9 Å². The third kappa shape index (κ3) is 3.42. The number of nitrogens with zero attached hydrogens (tertiary/aromatic N) is 5. The number of imidazole rings is 1. The summed E-state index contributed by atoms with van der Waals surface area (Å²) in [5, 5.41) is 0. The first-order valence-corrected chi connectivity index (χ1v) is 14.3. The lowest BCUT2D eigenvalue weighted by atomic mass is 9.43. The minimum atomic E-state index is 0.0278. The van der Waals surface area contributed by atoms with Crippen molar-refractivity contribution in [3.05, 3.63) is 146 Å². The van der Waals surface area contributed by atoms with Crippen molar-refractivity contribution in [2.45, 2.75) is 0 Å². The topological polar surface area (TPSA) is 27.5 Å². The number of fused-ring (bicyclic) bond motifs is 11. The number of hydrogen-bond donors (Lipinski definition) is 0. The lowest BCUT2D eigenvalue weighted by Crippen LogP contribution is -2.59. The molecule has 198 valence electrons. The second-order valence-electron chi connectivity index (χ2n) is 11.0. The van der Waals surface area contributed by atoms with E-state index in [2.05, 4.69) is 152 Å². The molecule has 0 atom stereocenters. The first-order chi connectivity index (χ1) is 20.8. The number of hydrogen-bond acceptors (Lipinski definition) is 4. The summed E-state index contributed by atoms with van der Waals surface area (Å²) in [4.78, 5) is 11.5. The van der Waals surface area contributed by atoms with Crippen LogP contribution >= 0.6 is 0 Å². The van der Waals surface area contributed by atoms with E-state index < -0.39 is 0 Å². The maximum absolute atomic E-state index is 4.31. The van der Waals surface area contributed by atoms with Crippen LogP contribution in [0.4, 0.5) is 22.7 Å². The molecule has 0 fully saturated rings. The molecule has 6 aromatic rings. The Kier molecular flexibility index (Phi) is 4.99. The fourth-order valence-electron chi connectivity index (χ4n) is 6.85. The monoisotopic (exact) mass is 539 g/mol. The quantitative estimate of drug-likeness (QED) is 0.239. The van der Waals surface area contributed by atoms with Gasteiger partial charge in [0, 0.05) is 64.4 Å². The highest BCUT2D eigenvalue weighted by atomic mass is 15.3. The average molecular weight is 539 g/mol. The van der Waals surface area contributed by atoms with Gasteiger partial charge in [-0.1, -0.05) is 66.7 Å². The van der Waals surface area contributed by atoms with Crippen molar-refractivity contribution in [2.24, 2.45) is 0 Å². The van der Waals surface area contributed by atoms with Gasteiger partial charge in [-0.2, -0.15) is 0 Å². The van der Waals surface area contributed by atoms with Crippen molar-refractivity contribution < 1.29 is 0 Å². The van der Waals surface area contributed by atoms with E-state index in [0.29, 0.717) is 0 Å². The molecular weight excluding hydrogens is 513 g/mol. The predicted octanol–water partition coefficient (Wildman–Crippen LogP) is 6.53. The molecule has 42 heavy (non-hydrogen) atoms. The van der Waals surface area contributed by atoms with Gasteiger partial charge in [0.15, 0.2) is 0 Å². The zero-order chi connectivity index (χ0) is 27.6. The lowest BCUT2D eigenvalue weighted by Gasteiger charge is -2.43. The molecule has 5 nitrogen and oxygen atoms in total. The highest BCUT2D eigenvalue weighted by Gasteiger charge is 2.42. The average Bonchev–Trinajstić information content (AvgIpc) is 3.78. The van der Waals surface area contributed by atoms with Crippen LogP contribution in [0.1, 0.15) is 0 Å². The Morgan fingerprint density at radius 1 is 0.548 bits per heavy atom. The molecule has 0 bridgehead atoms. The number of benzene rings is 5. The van der Waals surface area contributed by atoms with Gasteiger partial charge in [0.1, 0.15) is 0 Å². The van der Waals surface area contributed by atoms with Gasteiger partial charge in [-0.3, -0.25) is 0 Å². The summed E-state index contributed by atoms with van der Waals surface area (Å²) in [5.74, 6) is 0. The van der Waals surface area contributed by atoms with Crippen molar-refractivity contribution in [3.8, 4) is 27.9 Å². The van der Waals surface area contributed by atoms with Crippen LogP contribution in [-0.2, 0) is 0 Å². The molecule has 0 saturated carbocycles. The molecule has 0 saturated heterocycles. The van der Waals surface area contributed by atoms with Crippen LogP contribution < -0.4 is 25.5 Å². The largest absolute Gasteiger partial charge is 0.376 e. The molecular formula is C36H26BN5. The second kappa shape index (κ2) is 9.01. The van der Waals surface area contributed by atoms with Crippen LogP contribution in [0.5, 0.6) is 0 Å². The smallest absolute Gasteiger partial charge is 0.329 e. The minimum absolute atomic E-state index is 0.0278. The number of para-hydroxylation sites is 3. The first kappa shape index (κ1) is 23.2. The molecule has 0 N–H and O–H groups in total. The first-order valence-electron chi connectivity index (χ1n) is 14.3. The van der Waals surface area contributed by atoms with E-state index in [1.807, 2.05) is 18.7 Å². The second-order valence-corrected chi connectivity index (χ2v) is 11.0. The number of aromatic nitrogens is 2. The number of anilines is 4. The van der Waals surface area contributed by atoms with Gasteiger partial charge in [0.25, 0.3) is 0 Å². The van der Waals surface area contributed by atoms with E-state index in [4.69, 9.17) is 0 Å². The zero-order valence-electron chi connectivity index (χ0n) is 22.9. The van der Waals surface area contributed by atoms with Gasteiger partial charge < -0.3 is 19.2 Å². The Morgan fingerprint density at radius 3 is 1.81 bits per heavy atom. The summed E-state index contributed by atoms with van der Waals surface area (Å²) < 4.78 is 2.09. The fraction of sp³-hybridized carbons (Fsp3) is 0.0278. The standard InChI is InChI=1S/C36H26BN5/c1-2-8-26(9-3-1)40-20-21-41(25-40)28-15-17-30-32-11-5-7-13-36(32)42-35-12-6-4-10-31(35)29-16-14-27(39-19-18-38-24-39)22-33(29)37(42)34(30)23-28/h1-24H,25H2. The summed E-state index contributed by atoms with van der Waals surface area (Å²) >= 11 is 0. The highest BCUT2D eigenvalue weighted by Crippen LogP contribution is 2.46. The summed E-state index contributed by atoms with van der Waals surface area (Å²) in [6, 6.07) is 42.0. The van der Waals surface area contributed by atoms with Crippen LogP contribution in [0.15, 0.2) is 146 Å². The molecule has 0 unspecified atom stereocenters. The van der Waals surface area contributed by atoms with Crippen LogP contribution in [0.25, 0.3) is 27.9 Å². The molecule has 0 spiro atoms. The molecule has 4 heterocycles. The van der Waals surface area contributed by atoms with Crippen molar-refractivity contribution in [1.29, 1.82) is 0 Å². The van der Waals surface area contributed by atoms with Crippen molar-refractivity contribution in [3.63, 3.8) is 0 Å². The van der Waals surface area contributed by atoms with Crippen LogP contribution in [0, 0.1) is 0 Å². The summed E-state index contributed by atoms with van der Waals surface area (Å²) in [6.07, 6.45) is 10.1. The van der Waals surface area contributed by atoms with Gasteiger partial charge in [0.05, 0.1) is 13.0 Å². The molecule has 5 aromatic carbocycles. The third-order valence-electron chi connectivity index (χ3n) is 8.78. The van der Waals surface area contributed by atoms with E-state index in [-0.39, 0.29) is 6.85 Å². The predicted molar refractivity (Wildman–Crippen MR) is 173 cm³/mol. The van der Waals surface area contributed by atoms with E-state index in [9.17, 15) is 0 Å². The van der Waals surface area contributed by atoms with Crippen molar-refractivity contribution in [1.82, 2.24) is 9.55 Å². The highest BCUT2D eigenvalue weighted by molar-refractivity contribution is 6.92. The Balaban J connectivity index is 1.24. The minimum Gasteiger partial charge on any atom is -0.376 e. The summed E-state index contributed by atoms with van der Waals surface area (Å²) in [7, 11) is 0. The Bertz CT molecular complexity index is 2000. The van der Waals surface area contributed by atoms with Crippen LogP contribution in [0.3, 0.4) is 0 Å². The molecule has 9 rings (SSSR count). The van der Waals surface area contributed by atoms with E-state index in [1.54, 1.807) is 0 Å². The third-order valence-corrected chi connectivity index (χ3v) is 8.78. The van der Waals surface area contributed by atoms with Crippen LogP contribution in [-0.4, -0.2) is 23.1 Å². The van der Waals surface area contributed by atoms with Crippen molar-refractivity contribution >= 4 is 40.5 Å². The summed E-state index contributed by atoms with van der Waals surface area (Å²) in [6.45, 7) is 0.804. The molecule has 3 aliphatic heterocycles.